The fourth-order valence-corrected chi connectivity index (χ4v) is 3.58. The molecule has 1 aromatic rings. The number of allylic oxidation sites excluding steroid dienone is 2. The van der Waals surface area contributed by atoms with Crippen molar-refractivity contribution in [2.24, 2.45) is 0 Å². The molecule has 0 spiro atoms. The van der Waals surface area contributed by atoms with E-state index in [1.165, 1.54) is 70.6 Å². The van der Waals surface area contributed by atoms with Crippen LogP contribution in [-0.2, 0) is 4.79 Å². The zero-order chi connectivity index (χ0) is 28.3. The summed E-state index contributed by atoms with van der Waals surface area (Å²) in [4.78, 5) is 10.3. The Kier molecular flexibility index (Phi) is 27.3. The number of aromatic hydroxyl groups is 1. The fourth-order valence-electron chi connectivity index (χ4n) is 3.58. The lowest BCUT2D eigenvalue weighted by atomic mass is 10.0. The monoisotopic (exact) mass is 525 g/mol. The van der Waals surface area contributed by atoms with E-state index in [4.69, 9.17) is 20.6 Å². The highest BCUT2D eigenvalue weighted by Crippen LogP contribution is 2.25. The maximum Gasteiger partial charge on any atom is 0.303 e. The molecular formula is C30H55NO6. The first kappa shape index (κ1) is 37.2. The number of aryl methyl sites for hydroxylation is 1. The first-order valence-corrected chi connectivity index (χ1v) is 14.1. The number of aliphatic hydroxyl groups is 1. The molecule has 0 unspecified atom stereocenters. The van der Waals surface area contributed by atoms with Crippen molar-refractivity contribution < 1.29 is 30.5 Å². The molecule has 0 heterocycles. The van der Waals surface area contributed by atoms with Crippen LogP contribution in [0.1, 0.15) is 128 Å². The Bertz CT molecular complexity index is 676. The van der Waals surface area contributed by atoms with Gasteiger partial charge in [-0.25, -0.2) is 0 Å². The summed E-state index contributed by atoms with van der Waals surface area (Å²) in [5.41, 5.74) is 2.13. The summed E-state index contributed by atoms with van der Waals surface area (Å²) in [7, 11) is 0. The number of phenols is 1. The Morgan fingerprint density at radius 1 is 0.892 bits per heavy atom. The lowest BCUT2D eigenvalue weighted by molar-refractivity contribution is -0.309. The third kappa shape index (κ3) is 28.5. The van der Waals surface area contributed by atoms with E-state index >= 15 is 0 Å². The second-order valence-corrected chi connectivity index (χ2v) is 9.76. The molecule has 0 bridgehead atoms. The van der Waals surface area contributed by atoms with Gasteiger partial charge in [-0.3, -0.25) is 15.2 Å². The first-order chi connectivity index (χ1) is 17.6. The Morgan fingerprint density at radius 2 is 1.41 bits per heavy atom. The van der Waals surface area contributed by atoms with E-state index in [1.807, 2.05) is 19.1 Å². The molecule has 7 heteroatoms. The van der Waals surface area contributed by atoms with Crippen molar-refractivity contribution >= 4 is 5.97 Å². The summed E-state index contributed by atoms with van der Waals surface area (Å²) in [5, 5.41) is 41.3. The van der Waals surface area contributed by atoms with Crippen molar-refractivity contribution in [3.05, 3.63) is 41.5 Å². The molecule has 0 amide bonds. The van der Waals surface area contributed by atoms with Crippen LogP contribution in [0.5, 0.6) is 5.75 Å². The lowest BCUT2D eigenvalue weighted by Crippen LogP contribution is -2.17. The number of rotatable bonds is 18. The Labute approximate surface area is 225 Å². The third-order valence-electron chi connectivity index (χ3n) is 5.76. The number of hydroxylamine groups is 2. The lowest BCUT2D eigenvalue weighted by Gasteiger charge is -2.07. The number of hydrogen-bond acceptors (Lipinski definition) is 6. The molecule has 0 radical (unpaired) electrons. The molecule has 1 rings (SSSR count). The van der Waals surface area contributed by atoms with Gasteiger partial charge in [0.2, 0.25) is 0 Å². The van der Waals surface area contributed by atoms with Crippen LogP contribution >= 0.6 is 0 Å². The van der Waals surface area contributed by atoms with Gasteiger partial charge in [-0.2, -0.15) is 0 Å². The molecule has 5 N–H and O–H groups in total. The molecule has 0 saturated heterocycles. The van der Waals surface area contributed by atoms with E-state index < -0.39 is 5.97 Å². The van der Waals surface area contributed by atoms with E-state index in [1.54, 1.807) is 6.07 Å². The number of benzene rings is 1. The van der Waals surface area contributed by atoms with E-state index in [-0.39, 0.29) is 18.4 Å². The summed E-state index contributed by atoms with van der Waals surface area (Å²) < 4.78 is 0. The summed E-state index contributed by atoms with van der Waals surface area (Å²) in [6.45, 7) is 8.01. The number of aliphatic hydroxyl groups excluding tert-OH is 1. The van der Waals surface area contributed by atoms with Crippen molar-refractivity contribution in [3.8, 4) is 5.75 Å². The van der Waals surface area contributed by atoms with Gasteiger partial charge in [-0.05, 0) is 62.1 Å². The quantitative estimate of drug-likeness (QED) is 0.0748. The van der Waals surface area contributed by atoms with Gasteiger partial charge in [0.15, 0.2) is 0 Å². The van der Waals surface area contributed by atoms with Crippen LogP contribution in [0.2, 0.25) is 0 Å². The highest BCUT2D eigenvalue weighted by atomic mass is 16.8. The highest BCUT2D eigenvalue weighted by molar-refractivity contribution is 5.66. The molecule has 216 valence electrons. The van der Waals surface area contributed by atoms with Crippen molar-refractivity contribution in [1.82, 2.24) is 5.23 Å². The number of carboxylic acids is 1. The molecule has 7 nitrogen and oxygen atoms in total. The predicted octanol–water partition coefficient (Wildman–Crippen LogP) is 7.99. The third-order valence-corrected chi connectivity index (χ3v) is 5.76. The molecule has 0 aliphatic heterocycles. The summed E-state index contributed by atoms with van der Waals surface area (Å²) in [6.07, 6.45) is 21.2. The van der Waals surface area contributed by atoms with Crippen molar-refractivity contribution in [1.29, 1.82) is 0 Å². The number of hydrogen-bond donors (Lipinski definition) is 5. The maximum atomic E-state index is 10.3. The van der Waals surface area contributed by atoms with Crippen LogP contribution in [-0.4, -0.2) is 50.1 Å². The minimum Gasteiger partial charge on any atom is -0.508 e. The minimum absolute atomic E-state index is 0.0694. The molecule has 37 heavy (non-hydrogen) atoms. The largest absolute Gasteiger partial charge is 0.508 e. The van der Waals surface area contributed by atoms with Gasteiger partial charge in [-0.1, -0.05) is 102 Å². The molecule has 0 aliphatic carbocycles. The molecule has 0 atom stereocenters. The van der Waals surface area contributed by atoms with E-state index in [2.05, 4.69) is 32.9 Å². The van der Waals surface area contributed by atoms with Crippen LogP contribution in [0.3, 0.4) is 0 Å². The predicted molar refractivity (Wildman–Crippen MR) is 151 cm³/mol. The molecule has 1 aromatic carbocycles. The van der Waals surface area contributed by atoms with Crippen LogP contribution in [0.15, 0.2) is 30.4 Å². The van der Waals surface area contributed by atoms with Crippen LogP contribution < -0.4 is 0 Å². The van der Waals surface area contributed by atoms with Gasteiger partial charge in [0.05, 0.1) is 13.2 Å². The summed E-state index contributed by atoms with van der Waals surface area (Å²) >= 11 is 0. The Hall–Kier alpha value is -1.93. The van der Waals surface area contributed by atoms with Crippen molar-refractivity contribution in [2.75, 3.05) is 13.2 Å². The molecule has 0 fully saturated rings. The molecule has 0 aromatic heterocycles. The van der Waals surface area contributed by atoms with E-state index in [9.17, 15) is 9.90 Å². The van der Waals surface area contributed by atoms with E-state index in [0.29, 0.717) is 18.1 Å². The SMILES string of the molecule is CCCCCCCC/C=C\CCCCCCCC(=O)O.Cc1ccc(C(C)C)c(O)c1.OCCN(O)O. The highest BCUT2D eigenvalue weighted by Gasteiger charge is 2.04. The zero-order valence-corrected chi connectivity index (χ0v) is 23.9. The second kappa shape index (κ2) is 27.1. The molecular weight excluding hydrogens is 470 g/mol. The van der Waals surface area contributed by atoms with Gasteiger partial charge in [0, 0.05) is 6.42 Å². The first-order valence-electron chi connectivity index (χ1n) is 14.1. The number of carboxylic acid groups (broad SMARTS) is 1. The summed E-state index contributed by atoms with van der Waals surface area (Å²) in [6, 6.07) is 5.81. The number of unbranched alkanes of at least 4 members (excludes halogenated alkanes) is 11. The smallest absolute Gasteiger partial charge is 0.303 e. The van der Waals surface area contributed by atoms with Gasteiger partial charge < -0.3 is 15.3 Å². The second-order valence-electron chi connectivity index (χ2n) is 9.76. The number of phenolic OH excluding ortho intramolecular Hbond substituents is 1. The van der Waals surface area contributed by atoms with Crippen LogP contribution in [0.4, 0.5) is 0 Å². The average Bonchev–Trinajstić information content (AvgIpc) is 2.82. The fraction of sp³-hybridized carbons (Fsp3) is 0.700. The maximum absolute atomic E-state index is 10.3. The number of carbonyl (C=O) groups is 1. The summed E-state index contributed by atoms with van der Waals surface area (Å²) in [5.74, 6) is 0.151. The normalized spacial score (nSPS) is 10.8. The topological polar surface area (TPSA) is 121 Å². The van der Waals surface area contributed by atoms with Crippen molar-refractivity contribution in [2.45, 2.75) is 124 Å². The minimum atomic E-state index is -0.664. The van der Waals surface area contributed by atoms with Crippen LogP contribution in [0.25, 0.3) is 0 Å². The van der Waals surface area contributed by atoms with E-state index in [0.717, 1.165) is 24.0 Å². The van der Waals surface area contributed by atoms with Gasteiger partial charge in [0.1, 0.15) is 5.75 Å². The Morgan fingerprint density at radius 3 is 1.81 bits per heavy atom. The van der Waals surface area contributed by atoms with Gasteiger partial charge >= 0.3 is 5.97 Å². The zero-order valence-electron chi connectivity index (χ0n) is 23.9. The Balaban J connectivity index is 0. The van der Waals surface area contributed by atoms with Gasteiger partial charge in [-0.15, -0.1) is 0 Å². The average molecular weight is 526 g/mol. The molecule has 0 saturated carbocycles. The molecule has 0 aliphatic rings. The van der Waals surface area contributed by atoms with Crippen LogP contribution in [0, 0.1) is 6.92 Å². The van der Waals surface area contributed by atoms with Crippen molar-refractivity contribution in [3.63, 3.8) is 0 Å². The number of aliphatic carboxylic acids is 1. The van der Waals surface area contributed by atoms with Gasteiger partial charge in [0.25, 0.3) is 0 Å². The number of nitrogens with zero attached hydrogens (tertiary/aromatic N) is 1. The standard InChI is InChI=1S/C18H34O2.C10H14O.C2H7NO3/c1-2-3-4-5-6-7-8-9-10-11-12-13-14-15-16-17-18(19)20;1-7(2)9-5-4-8(3)6-10(9)11;4-2-1-3(5)6/h9-10H,2-8,11-17H2,1H3,(H,19,20);4-7,11H,1-3H3;4-6H,1-2H2/b10-9-;;.